The summed E-state index contributed by atoms with van der Waals surface area (Å²) in [5, 5.41) is 6.06. The third-order valence-electron chi connectivity index (χ3n) is 7.56. The van der Waals surface area contributed by atoms with Crippen LogP contribution in [0.4, 0.5) is 15.0 Å². The molecule has 12 heteroatoms. The summed E-state index contributed by atoms with van der Waals surface area (Å²) in [5.74, 6) is 6.24. The minimum Gasteiger partial charge on any atom is -0.497 e. The summed E-state index contributed by atoms with van der Waals surface area (Å²) in [6.07, 6.45) is 0.755. The van der Waals surface area contributed by atoms with Gasteiger partial charge in [0.25, 0.3) is 0 Å². The molecule has 0 aliphatic carbocycles. The fraction of sp³-hybridized carbons (Fsp3) is 0.171. The molecule has 0 fully saturated rings. The highest BCUT2D eigenvalue weighted by Crippen LogP contribution is 2.36. The van der Waals surface area contributed by atoms with Crippen molar-refractivity contribution < 1.29 is 23.1 Å². The molecule has 47 heavy (non-hydrogen) atoms. The van der Waals surface area contributed by atoms with Crippen molar-refractivity contribution in [1.29, 1.82) is 0 Å². The van der Waals surface area contributed by atoms with E-state index < -0.39 is 23.6 Å². The van der Waals surface area contributed by atoms with Gasteiger partial charge in [-0.2, -0.15) is 5.10 Å². The zero-order valence-corrected chi connectivity index (χ0v) is 25.7. The zero-order chi connectivity index (χ0) is 33.1. The van der Waals surface area contributed by atoms with Gasteiger partial charge in [-0.1, -0.05) is 60.4 Å². The van der Waals surface area contributed by atoms with E-state index in [0.29, 0.717) is 38.6 Å². The molecule has 0 aliphatic heterocycles. The smallest absolute Gasteiger partial charge is 0.410 e. The van der Waals surface area contributed by atoms with Crippen molar-refractivity contribution in [2.45, 2.75) is 19.6 Å². The van der Waals surface area contributed by atoms with Crippen molar-refractivity contribution >= 4 is 33.7 Å². The number of ether oxygens (including phenoxy) is 2. The molecule has 3 aromatic carbocycles. The van der Waals surface area contributed by atoms with E-state index in [1.165, 1.54) is 35.2 Å². The molecule has 6 rings (SSSR count). The Morgan fingerprint density at radius 3 is 2.60 bits per heavy atom. The van der Waals surface area contributed by atoms with Gasteiger partial charge in [0.2, 0.25) is 0 Å². The molecule has 0 radical (unpaired) electrons. The first-order valence-corrected chi connectivity index (χ1v) is 14.5. The highest BCUT2D eigenvalue weighted by atomic mass is 19.1. The molecule has 1 amide bonds. The van der Waals surface area contributed by atoms with Crippen LogP contribution in [0.5, 0.6) is 5.75 Å². The van der Waals surface area contributed by atoms with E-state index >= 15 is 0 Å². The molecule has 0 spiro atoms. The van der Waals surface area contributed by atoms with Crippen LogP contribution >= 0.6 is 0 Å². The van der Waals surface area contributed by atoms with Crippen LogP contribution in [-0.2, 0) is 11.3 Å². The molecular weight excluding hydrogens is 603 g/mol. The number of benzene rings is 3. The normalized spacial score (nSPS) is 11.6. The van der Waals surface area contributed by atoms with Crippen molar-refractivity contribution in [3.63, 3.8) is 0 Å². The first-order valence-electron chi connectivity index (χ1n) is 14.5. The quantitative estimate of drug-likeness (QED) is 0.224. The minimum absolute atomic E-state index is 0.0366. The molecule has 6 aromatic rings. The van der Waals surface area contributed by atoms with Crippen molar-refractivity contribution in [2.24, 2.45) is 0 Å². The van der Waals surface area contributed by atoms with Crippen LogP contribution in [-0.4, -0.2) is 51.4 Å². The lowest BCUT2D eigenvalue weighted by molar-refractivity contribution is 0.109. The lowest BCUT2D eigenvalue weighted by Gasteiger charge is -2.16. The molecule has 3 heterocycles. The second kappa shape index (κ2) is 13.0. The number of hydrogen-bond donors (Lipinski definition) is 1. The standard InChI is InChI=1S/C35H29FN6O5/c1-21(42-33-29(32(37)38-20-39-33)30(40-42)23-16-24(36)18-25(17-23)45-3)31-27(26-12-7-8-13-28(26)34(43)47-31)14-9-15-41(2)35(44)46-19-22-10-5-4-6-11-22/h4-8,10-13,16-18,20-21H,15,19H2,1-3H3,(H2,37,38,39). The van der Waals surface area contributed by atoms with Gasteiger partial charge in [-0.25, -0.2) is 28.6 Å². The number of aromatic nitrogens is 4. The SMILES string of the molecule is COc1cc(F)cc(-c2nn(C(C)c3oc(=O)c4ccccc4c3C#CCN(C)C(=O)OCc3ccccc3)c3ncnc(N)c23)c1. The van der Waals surface area contributed by atoms with Gasteiger partial charge >= 0.3 is 11.7 Å². The molecule has 3 aromatic heterocycles. The predicted molar refractivity (Wildman–Crippen MR) is 174 cm³/mol. The highest BCUT2D eigenvalue weighted by Gasteiger charge is 2.26. The lowest BCUT2D eigenvalue weighted by Crippen LogP contribution is -2.27. The van der Waals surface area contributed by atoms with E-state index in [1.54, 1.807) is 44.3 Å². The Labute approximate surface area is 268 Å². The summed E-state index contributed by atoms with van der Waals surface area (Å²) in [5.41, 5.74) is 8.06. The first-order chi connectivity index (χ1) is 22.7. The largest absolute Gasteiger partial charge is 0.497 e. The maximum absolute atomic E-state index is 14.5. The zero-order valence-electron chi connectivity index (χ0n) is 25.7. The van der Waals surface area contributed by atoms with Gasteiger partial charge in [0, 0.05) is 24.1 Å². The Balaban J connectivity index is 1.40. The average Bonchev–Trinajstić information content (AvgIpc) is 3.49. The highest BCUT2D eigenvalue weighted by molar-refractivity contribution is 5.98. The average molecular weight is 633 g/mol. The monoisotopic (exact) mass is 632 g/mol. The number of anilines is 1. The van der Waals surface area contributed by atoms with Crippen LogP contribution in [0.15, 0.2) is 88.3 Å². The Morgan fingerprint density at radius 1 is 1.09 bits per heavy atom. The summed E-state index contributed by atoms with van der Waals surface area (Å²) in [7, 11) is 3.02. The summed E-state index contributed by atoms with van der Waals surface area (Å²) in [4.78, 5) is 35.7. The van der Waals surface area contributed by atoms with E-state index in [-0.39, 0.29) is 30.5 Å². The molecule has 0 aliphatic rings. The molecule has 0 saturated carbocycles. The molecule has 0 saturated heterocycles. The third kappa shape index (κ3) is 6.19. The number of carbonyl (C=O) groups excluding carboxylic acids is 1. The van der Waals surface area contributed by atoms with Gasteiger partial charge in [-0.05, 0) is 30.7 Å². The van der Waals surface area contributed by atoms with Crippen molar-refractivity contribution in [3.05, 3.63) is 112 Å². The topological polar surface area (TPSA) is 139 Å². The van der Waals surface area contributed by atoms with Gasteiger partial charge < -0.3 is 24.5 Å². The van der Waals surface area contributed by atoms with Gasteiger partial charge in [-0.3, -0.25) is 0 Å². The van der Waals surface area contributed by atoms with Crippen LogP contribution in [0.1, 0.15) is 29.9 Å². The lowest BCUT2D eigenvalue weighted by atomic mass is 10.0. The molecule has 1 unspecified atom stereocenters. The first kappa shape index (κ1) is 30.8. The van der Waals surface area contributed by atoms with E-state index in [2.05, 4.69) is 21.8 Å². The van der Waals surface area contributed by atoms with Gasteiger partial charge in [0.1, 0.15) is 47.8 Å². The second-order valence-corrected chi connectivity index (χ2v) is 10.7. The number of rotatable bonds is 7. The van der Waals surface area contributed by atoms with Crippen LogP contribution in [0.25, 0.3) is 33.1 Å². The number of nitrogens with zero attached hydrogens (tertiary/aromatic N) is 5. The number of nitrogen functional groups attached to an aromatic ring is 1. The molecule has 11 nitrogen and oxygen atoms in total. The Bertz CT molecular complexity index is 2240. The molecule has 1 atom stereocenters. The van der Waals surface area contributed by atoms with Crippen LogP contribution in [0.2, 0.25) is 0 Å². The van der Waals surface area contributed by atoms with E-state index in [9.17, 15) is 14.0 Å². The van der Waals surface area contributed by atoms with Gasteiger partial charge in [0.15, 0.2) is 5.65 Å². The second-order valence-electron chi connectivity index (χ2n) is 10.7. The van der Waals surface area contributed by atoms with Crippen LogP contribution in [0, 0.1) is 17.7 Å². The van der Waals surface area contributed by atoms with E-state index in [1.807, 2.05) is 30.3 Å². The molecule has 236 valence electrons. The number of carbonyl (C=O) groups is 1. The molecule has 2 N–H and O–H groups in total. The predicted octanol–water partition coefficient (Wildman–Crippen LogP) is 5.56. The van der Waals surface area contributed by atoms with Crippen molar-refractivity contribution in [3.8, 4) is 28.8 Å². The van der Waals surface area contributed by atoms with E-state index in [0.717, 1.165) is 5.56 Å². The number of amides is 1. The van der Waals surface area contributed by atoms with Crippen LogP contribution < -0.4 is 16.1 Å². The summed E-state index contributed by atoms with van der Waals surface area (Å²) < 4.78 is 32.6. The maximum atomic E-state index is 14.5. The Kier molecular flexibility index (Phi) is 8.53. The van der Waals surface area contributed by atoms with Gasteiger partial charge in [-0.15, -0.1) is 0 Å². The summed E-state index contributed by atoms with van der Waals surface area (Å²) in [6, 6.07) is 19.7. The third-order valence-corrected chi connectivity index (χ3v) is 7.56. The maximum Gasteiger partial charge on any atom is 0.410 e. The number of hydrogen-bond acceptors (Lipinski definition) is 9. The number of fused-ring (bicyclic) bond motifs is 2. The minimum atomic E-state index is -0.744. The summed E-state index contributed by atoms with van der Waals surface area (Å²) in [6.45, 7) is 1.94. The van der Waals surface area contributed by atoms with Crippen molar-refractivity contribution in [2.75, 3.05) is 26.4 Å². The molecular formula is C35H29FN6O5. The number of methoxy groups -OCH3 is 1. The number of halogens is 1. The molecule has 0 bridgehead atoms. The Morgan fingerprint density at radius 2 is 1.83 bits per heavy atom. The summed E-state index contributed by atoms with van der Waals surface area (Å²) >= 11 is 0. The van der Waals surface area contributed by atoms with Crippen LogP contribution in [0.3, 0.4) is 0 Å². The van der Waals surface area contributed by atoms with E-state index in [4.69, 9.17) is 24.7 Å². The van der Waals surface area contributed by atoms with Crippen molar-refractivity contribution in [1.82, 2.24) is 24.6 Å². The fourth-order valence-electron chi connectivity index (χ4n) is 5.18. The van der Waals surface area contributed by atoms with Gasteiger partial charge in [0.05, 0.1) is 30.0 Å². The fourth-order valence-corrected chi connectivity index (χ4v) is 5.18. The Hall–Kier alpha value is -6.22. The number of nitrogens with two attached hydrogens (primary N) is 1.